The fraction of sp³-hybridized carbons (Fsp3) is 0. The molecule has 15 heavy (non-hydrogen) atoms. The lowest BCUT2D eigenvalue weighted by atomic mass is 10.2. The first kappa shape index (κ1) is 11.6. The Balaban J connectivity index is 3.18. The van der Waals surface area contributed by atoms with Gasteiger partial charge in [-0.3, -0.25) is 4.79 Å². The Labute approximate surface area is 95.3 Å². The lowest BCUT2D eigenvalue weighted by Crippen LogP contribution is -2.24. The molecule has 0 heterocycles. The zero-order chi connectivity index (χ0) is 11.6. The van der Waals surface area contributed by atoms with Crippen LogP contribution < -0.4 is 11.5 Å². The van der Waals surface area contributed by atoms with Crippen molar-refractivity contribution in [1.82, 2.24) is 0 Å². The smallest absolute Gasteiger partial charge is 0.280 e. The van der Waals surface area contributed by atoms with Crippen LogP contribution in [0.5, 0.6) is 5.75 Å². The van der Waals surface area contributed by atoms with E-state index in [0.29, 0.717) is 0 Å². The van der Waals surface area contributed by atoms with E-state index in [9.17, 15) is 9.90 Å². The second-order valence-electron chi connectivity index (χ2n) is 2.63. The van der Waals surface area contributed by atoms with Crippen LogP contribution in [0, 0.1) is 0 Å². The minimum absolute atomic E-state index is 0.0448. The zero-order valence-electron chi connectivity index (χ0n) is 7.37. The Morgan fingerprint density at radius 3 is 2.13 bits per heavy atom. The standard InChI is InChI=1S/C8H7Cl2N3O2/c9-4-1-3(2-5(10)6(4)14)7(15)13-8(11)12/h1-2,14H,(H4,11,12,13,15). The van der Waals surface area contributed by atoms with Crippen molar-refractivity contribution in [2.75, 3.05) is 0 Å². The highest BCUT2D eigenvalue weighted by molar-refractivity contribution is 6.37. The molecule has 0 aliphatic heterocycles. The van der Waals surface area contributed by atoms with E-state index in [1.807, 2.05) is 0 Å². The molecule has 80 valence electrons. The van der Waals surface area contributed by atoms with E-state index in [1.165, 1.54) is 12.1 Å². The lowest BCUT2D eigenvalue weighted by molar-refractivity contribution is 0.100. The monoisotopic (exact) mass is 247 g/mol. The maximum Gasteiger partial charge on any atom is 0.280 e. The molecule has 0 spiro atoms. The van der Waals surface area contributed by atoms with Gasteiger partial charge < -0.3 is 16.6 Å². The number of phenolic OH excluding ortho intramolecular Hbond substituents is 1. The number of guanidine groups is 1. The third kappa shape index (κ3) is 2.74. The maximum atomic E-state index is 11.3. The molecule has 0 radical (unpaired) electrons. The minimum Gasteiger partial charge on any atom is -0.505 e. The molecule has 0 bridgehead atoms. The van der Waals surface area contributed by atoms with Gasteiger partial charge in [-0.2, -0.15) is 4.99 Å². The number of aromatic hydroxyl groups is 1. The number of carbonyl (C=O) groups excluding carboxylic acids is 1. The number of halogens is 2. The quantitative estimate of drug-likeness (QED) is 0.511. The van der Waals surface area contributed by atoms with Crippen LogP contribution in [0.15, 0.2) is 17.1 Å². The van der Waals surface area contributed by atoms with Gasteiger partial charge in [0.15, 0.2) is 11.7 Å². The normalized spacial score (nSPS) is 9.73. The van der Waals surface area contributed by atoms with Gasteiger partial charge in [0.2, 0.25) is 0 Å². The third-order valence-corrected chi connectivity index (χ3v) is 2.07. The molecule has 0 atom stereocenters. The number of nitrogens with two attached hydrogens (primary N) is 2. The van der Waals surface area contributed by atoms with E-state index in [2.05, 4.69) is 4.99 Å². The maximum absolute atomic E-state index is 11.3. The predicted octanol–water partition coefficient (Wildman–Crippen LogP) is 1.11. The van der Waals surface area contributed by atoms with Crippen molar-refractivity contribution in [3.05, 3.63) is 27.7 Å². The number of hydrogen-bond donors (Lipinski definition) is 3. The molecular weight excluding hydrogens is 241 g/mol. The third-order valence-electron chi connectivity index (χ3n) is 1.49. The summed E-state index contributed by atoms with van der Waals surface area (Å²) in [5, 5.41) is 9.14. The highest BCUT2D eigenvalue weighted by Gasteiger charge is 2.11. The molecule has 1 aromatic carbocycles. The number of benzene rings is 1. The Kier molecular flexibility index (Phi) is 3.39. The van der Waals surface area contributed by atoms with Gasteiger partial charge in [-0.25, -0.2) is 0 Å². The fourth-order valence-electron chi connectivity index (χ4n) is 0.871. The van der Waals surface area contributed by atoms with Gasteiger partial charge in [0.1, 0.15) is 0 Å². The van der Waals surface area contributed by atoms with Crippen LogP contribution in [0.2, 0.25) is 10.0 Å². The lowest BCUT2D eigenvalue weighted by Gasteiger charge is -2.02. The number of amides is 1. The number of nitrogens with zero attached hydrogens (tertiary/aromatic N) is 1. The van der Waals surface area contributed by atoms with Crippen LogP contribution in [-0.4, -0.2) is 17.0 Å². The summed E-state index contributed by atoms with van der Waals surface area (Å²) in [7, 11) is 0. The Bertz CT molecular complexity index is 419. The van der Waals surface area contributed by atoms with Crippen LogP contribution in [0.4, 0.5) is 0 Å². The van der Waals surface area contributed by atoms with E-state index < -0.39 is 5.91 Å². The molecule has 0 unspecified atom stereocenters. The Hall–Kier alpha value is -1.46. The first-order chi connectivity index (χ1) is 6.91. The molecule has 5 N–H and O–H groups in total. The fourth-order valence-corrected chi connectivity index (χ4v) is 1.36. The van der Waals surface area contributed by atoms with Gasteiger partial charge in [-0.15, -0.1) is 0 Å². The van der Waals surface area contributed by atoms with E-state index in [-0.39, 0.29) is 27.3 Å². The molecule has 0 aromatic heterocycles. The zero-order valence-corrected chi connectivity index (χ0v) is 8.88. The van der Waals surface area contributed by atoms with Crippen molar-refractivity contribution < 1.29 is 9.90 Å². The summed E-state index contributed by atoms with van der Waals surface area (Å²) in [5.41, 5.74) is 10.2. The van der Waals surface area contributed by atoms with Crippen molar-refractivity contribution in [3.8, 4) is 5.75 Å². The van der Waals surface area contributed by atoms with Crippen LogP contribution >= 0.6 is 23.2 Å². The highest BCUT2D eigenvalue weighted by atomic mass is 35.5. The first-order valence-electron chi connectivity index (χ1n) is 3.73. The van der Waals surface area contributed by atoms with Crippen molar-refractivity contribution in [1.29, 1.82) is 0 Å². The summed E-state index contributed by atoms with van der Waals surface area (Å²) >= 11 is 11.2. The molecule has 1 amide bonds. The van der Waals surface area contributed by atoms with Crippen molar-refractivity contribution in [2.24, 2.45) is 16.5 Å². The van der Waals surface area contributed by atoms with Crippen LogP contribution in [-0.2, 0) is 0 Å². The summed E-state index contributed by atoms with van der Waals surface area (Å²) in [6.45, 7) is 0. The topological polar surface area (TPSA) is 102 Å². The van der Waals surface area contributed by atoms with E-state index in [1.54, 1.807) is 0 Å². The molecule has 5 nitrogen and oxygen atoms in total. The van der Waals surface area contributed by atoms with Crippen LogP contribution in [0.3, 0.4) is 0 Å². The Morgan fingerprint density at radius 2 is 1.73 bits per heavy atom. The number of phenols is 1. The SMILES string of the molecule is NC(N)=NC(=O)c1cc(Cl)c(O)c(Cl)c1. The number of rotatable bonds is 1. The molecule has 0 saturated carbocycles. The average molecular weight is 248 g/mol. The summed E-state index contributed by atoms with van der Waals surface area (Å²) in [4.78, 5) is 14.6. The highest BCUT2D eigenvalue weighted by Crippen LogP contribution is 2.32. The van der Waals surface area contributed by atoms with Gasteiger partial charge >= 0.3 is 0 Å². The molecular formula is C8H7Cl2N3O2. The second kappa shape index (κ2) is 4.37. The molecule has 1 rings (SSSR count). The van der Waals surface area contributed by atoms with Gasteiger partial charge in [-0.1, -0.05) is 23.2 Å². The van der Waals surface area contributed by atoms with Crippen molar-refractivity contribution in [3.63, 3.8) is 0 Å². The molecule has 0 saturated heterocycles. The van der Waals surface area contributed by atoms with Gasteiger partial charge in [0.25, 0.3) is 5.91 Å². The second-order valence-corrected chi connectivity index (χ2v) is 3.44. The molecule has 0 fully saturated rings. The summed E-state index contributed by atoms with van der Waals surface area (Å²) in [6, 6.07) is 2.44. The number of hydrogen-bond acceptors (Lipinski definition) is 2. The summed E-state index contributed by atoms with van der Waals surface area (Å²) in [5.74, 6) is -1.33. The van der Waals surface area contributed by atoms with Crippen LogP contribution in [0.25, 0.3) is 0 Å². The Morgan fingerprint density at radius 1 is 1.27 bits per heavy atom. The molecule has 0 aliphatic carbocycles. The molecule has 1 aromatic rings. The summed E-state index contributed by atoms with van der Waals surface area (Å²) < 4.78 is 0. The molecule has 7 heteroatoms. The average Bonchev–Trinajstić information content (AvgIpc) is 2.12. The van der Waals surface area contributed by atoms with E-state index in [4.69, 9.17) is 34.7 Å². The van der Waals surface area contributed by atoms with Gasteiger partial charge in [0, 0.05) is 5.56 Å². The molecule has 0 aliphatic rings. The van der Waals surface area contributed by atoms with Crippen LogP contribution in [0.1, 0.15) is 10.4 Å². The van der Waals surface area contributed by atoms with E-state index in [0.717, 1.165) is 0 Å². The van der Waals surface area contributed by atoms with Crippen molar-refractivity contribution >= 4 is 35.1 Å². The largest absolute Gasteiger partial charge is 0.505 e. The summed E-state index contributed by atoms with van der Waals surface area (Å²) in [6.07, 6.45) is 0. The minimum atomic E-state index is -0.682. The van der Waals surface area contributed by atoms with Gasteiger partial charge in [0.05, 0.1) is 10.0 Å². The van der Waals surface area contributed by atoms with E-state index >= 15 is 0 Å². The predicted molar refractivity (Wildman–Crippen MR) is 58.3 cm³/mol. The number of carbonyl (C=O) groups is 1. The van der Waals surface area contributed by atoms with Gasteiger partial charge in [-0.05, 0) is 12.1 Å². The number of aliphatic imine (C=N–C) groups is 1. The van der Waals surface area contributed by atoms with Crippen molar-refractivity contribution in [2.45, 2.75) is 0 Å². The first-order valence-corrected chi connectivity index (χ1v) is 4.49.